The summed E-state index contributed by atoms with van der Waals surface area (Å²) in [5, 5.41) is 12.4. The van der Waals surface area contributed by atoms with Gasteiger partial charge in [-0.05, 0) is 55.8 Å². The zero-order valence-electron chi connectivity index (χ0n) is 20.5. The molecule has 10 heteroatoms. The molecule has 0 fully saturated rings. The van der Waals surface area contributed by atoms with Crippen molar-refractivity contribution in [3.8, 4) is 28.4 Å². The monoisotopic (exact) mass is 495 g/mol. The highest BCUT2D eigenvalue weighted by atomic mass is 16.6. The second kappa shape index (κ2) is 9.38. The van der Waals surface area contributed by atoms with Crippen LogP contribution in [0.2, 0.25) is 0 Å². The van der Waals surface area contributed by atoms with Gasteiger partial charge in [-0.1, -0.05) is 12.1 Å². The second-order valence-corrected chi connectivity index (χ2v) is 9.02. The van der Waals surface area contributed by atoms with Gasteiger partial charge >= 0.3 is 0 Å². The lowest BCUT2D eigenvalue weighted by Gasteiger charge is -2.19. The summed E-state index contributed by atoms with van der Waals surface area (Å²) < 4.78 is 14.9. The third-order valence-corrected chi connectivity index (χ3v) is 6.21. The highest BCUT2D eigenvalue weighted by Crippen LogP contribution is 2.35. The molecule has 186 valence electrons. The maximum atomic E-state index is 13.4. The number of nitrogens with one attached hydrogen (secondary N) is 1. The molecule has 2 aromatic carbocycles. The maximum absolute atomic E-state index is 13.4. The number of aromatic nitrogens is 6. The van der Waals surface area contributed by atoms with Crippen LogP contribution < -0.4 is 14.8 Å². The van der Waals surface area contributed by atoms with Crippen molar-refractivity contribution < 1.29 is 14.3 Å². The third-order valence-electron chi connectivity index (χ3n) is 6.21. The van der Waals surface area contributed by atoms with Crippen molar-refractivity contribution in [2.45, 2.75) is 26.4 Å². The van der Waals surface area contributed by atoms with E-state index in [-0.39, 0.29) is 11.9 Å². The fourth-order valence-electron chi connectivity index (χ4n) is 4.32. The lowest BCUT2D eigenvalue weighted by molar-refractivity contribution is 0.0952. The van der Waals surface area contributed by atoms with Gasteiger partial charge in [0, 0.05) is 18.2 Å². The van der Waals surface area contributed by atoms with Gasteiger partial charge in [0.2, 0.25) is 0 Å². The minimum Gasteiger partial charge on any atom is -0.486 e. The molecule has 3 aromatic heterocycles. The van der Waals surface area contributed by atoms with Crippen LogP contribution in [0.25, 0.3) is 28.0 Å². The van der Waals surface area contributed by atoms with Crippen LogP contribution in [0.4, 0.5) is 0 Å². The van der Waals surface area contributed by atoms with Gasteiger partial charge in [0.25, 0.3) is 5.91 Å². The van der Waals surface area contributed by atoms with E-state index in [1.165, 1.54) is 6.33 Å². The Balaban J connectivity index is 1.31. The maximum Gasteiger partial charge on any atom is 0.252 e. The van der Waals surface area contributed by atoms with Crippen LogP contribution in [-0.2, 0) is 6.54 Å². The van der Waals surface area contributed by atoms with Crippen LogP contribution in [0.5, 0.6) is 11.5 Å². The van der Waals surface area contributed by atoms with Crippen LogP contribution in [0.3, 0.4) is 0 Å². The van der Waals surface area contributed by atoms with Crippen molar-refractivity contribution in [2.24, 2.45) is 0 Å². The molecule has 1 amide bonds. The molecule has 0 radical (unpaired) electrons. The smallest absolute Gasteiger partial charge is 0.252 e. The Labute approximate surface area is 212 Å². The lowest BCUT2D eigenvalue weighted by Crippen LogP contribution is -2.23. The molecule has 0 aliphatic carbocycles. The molecule has 0 bridgehead atoms. The van der Waals surface area contributed by atoms with Gasteiger partial charge in [0.1, 0.15) is 25.9 Å². The molecule has 1 aliphatic rings. The first-order valence-electron chi connectivity index (χ1n) is 12.1. The van der Waals surface area contributed by atoms with Crippen molar-refractivity contribution in [3.63, 3.8) is 0 Å². The van der Waals surface area contributed by atoms with E-state index in [0.717, 1.165) is 16.8 Å². The molecule has 5 aromatic rings. The van der Waals surface area contributed by atoms with Gasteiger partial charge in [0.05, 0.1) is 28.5 Å². The third kappa shape index (κ3) is 4.37. The van der Waals surface area contributed by atoms with Crippen LogP contribution in [-0.4, -0.2) is 48.6 Å². The molecular weight excluding hydrogens is 470 g/mol. The Morgan fingerprint density at radius 1 is 1.03 bits per heavy atom. The van der Waals surface area contributed by atoms with E-state index in [9.17, 15) is 4.79 Å². The Morgan fingerprint density at radius 3 is 2.59 bits per heavy atom. The minimum absolute atomic E-state index is 0.0833. The summed E-state index contributed by atoms with van der Waals surface area (Å²) in [5.41, 5.74) is 4.53. The van der Waals surface area contributed by atoms with E-state index < -0.39 is 0 Å². The van der Waals surface area contributed by atoms with Crippen molar-refractivity contribution in [2.75, 3.05) is 13.2 Å². The number of carbonyl (C=O) groups is 1. The predicted octanol–water partition coefficient (Wildman–Crippen LogP) is 3.96. The van der Waals surface area contributed by atoms with E-state index in [1.54, 1.807) is 17.2 Å². The fourth-order valence-corrected chi connectivity index (χ4v) is 4.32. The van der Waals surface area contributed by atoms with Crippen LogP contribution in [0, 0.1) is 0 Å². The van der Waals surface area contributed by atoms with Crippen molar-refractivity contribution in [3.05, 3.63) is 78.5 Å². The average Bonchev–Trinajstić information content (AvgIpc) is 3.62. The summed E-state index contributed by atoms with van der Waals surface area (Å²) in [6, 6.07) is 15.4. The SMILES string of the molecule is CC(C)n1ncc2c(C(=O)NCc3ccc(-n4cncn4)cc3)cc(-c3ccc4c(c3)OCCO4)nc21. The normalized spacial score (nSPS) is 12.7. The molecule has 1 N–H and O–H groups in total. The topological polar surface area (TPSA) is 109 Å². The number of rotatable bonds is 6. The second-order valence-electron chi connectivity index (χ2n) is 9.02. The molecule has 4 heterocycles. The molecule has 10 nitrogen and oxygen atoms in total. The Bertz CT molecular complexity index is 1570. The zero-order valence-corrected chi connectivity index (χ0v) is 20.5. The van der Waals surface area contributed by atoms with Crippen molar-refractivity contribution >= 4 is 16.9 Å². The zero-order chi connectivity index (χ0) is 25.4. The molecular formula is C27H25N7O3. The van der Waals surface area contributed by atoms with Gasteiger partial charge < -0.3 is 14.8 Å². The number of carbonyl (C=O) groups excluding carboxylic acids is 1. The standard InChI is InChI=1S/C27H25N7O3/c1-17(2)34-26-22(14-30-34)21(12-23(32-26)19-5-8-24-25(11-19)37-10-9-36-24)27(35)29-13-18-3-6-20(7-4-18)33-16-28-15-31-33/h3-8,11-12,14-17H,9-10,13H2,1-2H3,(H,29,35). The van der Waals surface area contributed by atoms with Gasteiger partial charge in [-0.3, -0.25) is 4.79 Å². The molecule has 37 heavy (non-hydrogen) atoms. The Hall–Kier alpha value is -4.73. The molecule has 6 rings (SSSR count). The summed E-state index contributed by atoms with van der Waals surface area (Å²) in [7, 11) is 0. The number of fused-ring (bicyclic) bond motifs is 2. The van der Waals surface area contributed by atoms with Gasteiger partial charge in [-0.25, -0.2) is 19.3 Å². The Kier molecular flexibility index (Phi) is 5.76. The van der Waals surface area contributed by atoms with Gasteiger partial charge in [-0.15, -0.1) is 0 Å². The van der Waals surface area contributed by atoms with Crippen LogP contribution >= 0.6 is 0 Å². The van der Waals surface area contributed by atoms with Crippen molar-refractivity contribution in [1.29, 1.82) is 0 Å². The molecule has 0 unspecified atom stereocenters. The quantitative estimate of drug-likeness (QED) is 0.380. The van der Waals surface area contributed by atoms with Crippen LogP contribution in [0.15, 0.2) is 67.4 Å². The number of pyridine rings is 1. The van der Waals surface area contributed by atoms with E-state index in [2.05, 4.69) is 20.5 Å². The summed E-state index contributed by atoms with van der Waals surface area (Å²) >= 11 is 0. The number of hydrogen-bond donors (Lipinski definition) is 1. The highest BCUT2D eigenvalue weighted by molar-refractivity contribution is 6.06. The summed E-state index contributed by atoms with van der Waals surface area (Å²) in [6.45, 7) is 5.47. The van der Waals surface area contributed by atoms with Gasteiger partial charge in [-0.2, -0.15) is 10.2 Å². The van der Waals surface area contributed by atoms with E-state index in [1.807, 2.05) is 67.1 Å². The summed E-state index contributed by atoms with van der Waals surface area (Å²) in [6.07, 6.45) is 4.84. The van der Waals surface area contributed by atoms with Gasteiger partial charge in [0.15, 0.2) is 17.1 Å². The fraction of sp³-hybridized carbons (Fsp3) is 0.222. The summed E-state index contributed by atoms with van der Waals surface area (Å²) in [5.74, 6) is 1.18. The Morgan fingerprint density at radius 2 is 1.84 bits per heavy atom. The number of hydrogen-bond acceptors (Lipinski definition) is 7. The minimum atomic E-state index is -0.199. The molecule has 1 aliphatic heterocycles. The predicted molar refractivity (Wildman–Crippen MR) is 137 cm³/mol. The van der Waals surface area contributed by atoms with E-state index >= 15 is 0 Å². The lowest BCUT2D eigenvalue weighted by atomic mass is 10.1. The number of nitrogens with zero attached hydrogens (tertiary/aromatic N) is 6. The average molecular weight is 496 g/mol. The van der Waals surface area contributed by atoms with Crippen molar-refractivity contribution in [1.82, 2.24) is 34.8 Å². The highest BCUT2D eigenvalue weighted by Gasteiger charge is 2.20. The number of benzene rings is 2. The van der Waals surface area contributed by atoms with Crippen LogP contribution in [0.1, 0.15) is 35.8 Å². The number of ether oxygens (including phenoxy) is 2. The first kappa shape index (κ1) is 22.7. The molecule has 0 spiro atoms. The molecule has 0 saturated heterocycles. The molecule has 0 saturated carbocycles. The van der Waals surface area contributed by atoms with E-state index in [0.29, 0.717) is 53.5 Å². The number of amides is 1. The molecule has 0 atom stereocenters. The first-order valence-corrected chi connectivity index (χ1v) is 12.1. The summed E-state index contributed by atoms with van der Waals surface area (Å²) in [4.78, 5) is 22.3. The largest absolute Gasteiger partial charge is 0.486 e. The van der Waals surface area contributed by atoms with E-state index in [4.69, 9.17) is 14.5 Å². The first-order chi connectivity index (χ1) is 18.1.